The van der Waals surface area contributed by atoms with Crippen molar-refractivity contribution in [1.82, 2.24) is 20.2 Å². The molecule has 8 nitrogen and oxygen atoms in total. The third-order valence-corrected chi connectivity index (χ3v) is 6.07. The summed E-state index contributed by atoms with van der Waals surface area (Å²) in [5, 5.41) is 10.9. The molecule has 0 atom stereocenters. The zero-order valence-corrected chi connectivity index (χ0v) is 16.8. The molecule has 4 aromatic rings. The van der Waals surface area contributed by atoms with E-state index in [-0.39, 0.29) is 11.5 Å². The molecule has 0 radical (unpaired) electrons. The fraction of sp³-hybridized carbons (Fsp3) is 0.250. The summed E-state index contributed by atoms with van der Waals surface area (Å²) in [6, 6.07) is 6.56. The number of alkyl halides is 2. The van der Waals surface area contributed by atoms with E-state index in [0.717, 1.165) is 34.9 Å². The Labute approximate surface area is 178 Å². The van der Waals surface area contributed by atoms with Crippen LogP contribution in [0.3, 0.4) is 0 Å². The molecule has 3 aromatic heterocycles. The second kappa shape index (κ2) is 6.86. The number of nitrogens with zero attached hydrogens (tertiary/aromatic N) is 4. The molecule has 2 aliphatic heterocycles. The second-order valence-corrected chi connectivity index (χ2v) is 7.97. The number of anilines is 1. The molecule has 5 heterocycles. The Hall–Kier alpha value is -3.31. The maximum absolute atomic E-state index is 13.4. The lowest BCUT2D eigenvalue weighted by Crippen LogP contribution is -2.36. The molecule has 2 aliphatic rings. The van der Waals surface area contributed by atoms with Crippen molar-refractivity contribution in [3.63, 3.8) is 0 Å². The molecule has 0 saturated carbocycles. The van der Waals surface area contributed by atoms with Crippen LogP contribution < -0.4 is 14.4 Å². The van der Waals surface area contributed by atoms with Gasteiger partial charge in [-0.25, -0.2) is 9.97 Å². The van der Waals surface area contributed by atoms with Gasteiger partial charge in [0, 0.05) is 41.2 Å². The van der Waals surface area contributed by atoms with Crippen molar-refractivity contribution in [2.75, 3.05) is 31.2 Å². The number of rotatable bonds is 3. The topological polar surface area (TPSA) is 85.4 Å². The number of thiazole rings is 1. The van der Waals surface area contributed by atoms with E-state index in [1.54, 1.807) is 23.6 Å². The highest BCUT2D eigenvalue weighted by atomic mass is 32.1. The van der Waals surface area contributed by atoms with Gasteiger partial charge in [-0.2, -0.15) is 5.10 Å². The molecule has 1 fully saturated rings. The molecule has 31 heavy (non-hydrogen) atoms. The summed E-state index contributed by atoms with van der Waals surface area (Å²) in [4.78, 5) is 11.4. The van der Waals surface area contributed by atoms with Crippen LogP contribution in [-0.4, -0.2) is 52.8 Å². The van der Waals surface area contributed by atoms with E-state index in [4.69, 9.17) is 9.72 Å². The van der Waals surface area contributed by atoms with Gasteiger partial charge in [0.05, 0.1) is 24.6 Å². The van der Waals surface area contributed by atoms with Crippen LogP contribution in [0.4, 0.5) is 13.9 Å². The number of halogens is 2. The first-order valence-electron chi connectivity index (χ1n) is 9.59. The van der Waals surface area contributed by atoms with Crippen LogP contribution in [0.1, 0.15) is 0 Å². The monoisotopic (exact) mass is 443 g/mol. The third-order valence-electron chi connectivity index (χ3n) is 5.17. The predicted octanol–water partition coefficient (Wildman–Crippen LogP) is 3.91. The molecule has 6 rings (SSSR count). The molecule has 158 valence electrons. The lowest BCUT2D eigenvalue weighted by atomic mass is 10.1. The zero-order valence-electron chi connectivity index (χ0n) is 16.0. The fourth-order valence-electron chi connectivity index (χ4n) is 3.66. The molecule has 0 unspecified atom stereocenters. The Morgan fingerprint density at radius 1 is 1.06 bits per heavy atom. The molecular weight excluding hydrogens is 428 g/mol. The number of hydrogen-bond donors (Lipinski definition) is 1. The maximum Gasteiger partial charge on any atom is 0.586 e. The van der Waals surface area contributed by atoms with Crippen molar-refractivity contribution in [1.29, 1.82) is 0 Å². The normalized spacial score (nSPS) is 17.4. The number of aromatic amines is 1. The van der Waals surface area contributed by atoms with Crippen molar-refractivity contribution in [3.05, 3.63) is 35.8 Å². The smallest absolute Gasteiger partial charge is 0.395 e. The van der Waals surface area contributed by atoms with Gasteiger partial charge in [-0.05, 0) is 24.3 Å². The SMILES string of the molecule is FC1(F)Oc2ccc(-c3[nH]nc4ncc(-c5csc(N6CCOCC6)n5)cc34)cc2O1. The highest BCUT2D eigenvalue weighted by Gasteiger charge is 2.43. The van der Waals surface area contributed by atoms with Crippen molar-refractivity contribution in [2.45, 2.75) is 6.29 Å². The molecule has 11 heteroatoms. The second-order valence-electron chi connectivity index (χ2n) is 7.14. The quantitative estimate of drug-likeness (QED) is 0.514. The minimum absolute atomic E-state index is 0.00509. The van der Waals surface area contributed by atoms with Crippen LogP contribution in [-0.2, 0) is 4.74 Å². The predicted molar refractivity (Wildman–Crippen MR) is 110 cm³/mol. The summed E-state index contributed by atoms with van der Waals surface area (Å²) >= 11 is 1.58. The Bertz CT molecular complexity index is 1290. The Kier molecular flexibility index (Phi) is 4.08. The van der Waals surface area contributed by atoms with E-state index >= 15 is 0 Å². The number of aromatic nitrogens is 4. The van der Waals surface area contributed by atoms with Gasteiger partial charge in [0.2, 0.25) is 0 Å². The molecule has 1 aromatic carbocycles. The summed E-state index contributed by atoms with van der Waals surface area (Å²) in [6.07, 6.45) is -1.93. The van der Waals surface area contributed by atoms with Gasteiger partial charge in [-0.3, -0.25) is 5.10 Å². The Morgan fingerprint density at radius 2 is 1.90 bits per heavy atom. The average Bonchev–Trinajstić information content (AvgIpc) is 3.49. The Balaban J connectivity index is 1.36. The highest BCUT2D eigenvalue weighted by Crippen LogP contribution is 2.43. The summed E-state index contributed by atoms with van der Waals surface area (Å²) in [5.74, 6) is -0.0291. The minimum atomic E-state index is -3.66. The van der Waals surface area contributed by atoms with Crippen molar-refractivity contribution in [3.8, 4) is 34.0 Å². The molecule has 0 aliphatic carbocycles. The van der Waals surface area contributed by atoms with Crippen molar-refractivity contribution >= 4 is 27.5 Å². The van der Waals surface area contributed by atoms with Crippen molar-refractivity contribution in [2.24, 2.45) is 0 Å². The molecule has 1 saturated heterocycles. The van der Waals surface area contributed by atoms with E-state index in [9.17, 15) is 8.78 Å². The van der Waals surface area contributed by atoms with Gasteiger partial charge in [0.15, 0.2) is 22.3 Å². The van der Waals surface area contributed by atoms with Crippen LogP contribution >= 0.6 is 11.3 Å². The minimum Gasteiger partial charge on any atom is -0.395 e. The number of fused-ring (bicyclic) bond motifs is 2. The number of nitrogens with one attached hydrogen (secondary N) is 1. The van der Waals surface area contributed by atoms with E-state index in [1.807, 2.05) is 11.4 Å². The molecule has 0 bridgehead atoms. The van der Waals surface area contributed by atoms with Crippen LogP contribution in [0.25, 0.3) is 33.5 Å². The molecule has 0 spiro atoms. The lowest BCUT2D eigenvalue weighted by molar-refractivity contribution is -0.286. The summed E-state index contributed by atoms with van der Waals surface area (Å²) in [7, 11) is 0. The van der Waals surface area contributed by atoms with E-state index in [1.165, 1.54) is 12.1 Å². The zero-order chi connectivity index (χ0) is 21.0. The standard InChI is InChI=1S/C20H15F2N5O3S/c21-20(22)29-15-2-1-11(8-16(15)30-20)17-13-7-12(9-23-18(13)26-25-17)14-10-31-19(24-14)27-3-5-28-6-4-27/h1-2,7-10H,3-6H2,(H,23,25,26). The van der Waals surface area contributed by atoms with E-state index in [2.05, 4.69) is 29.6 Å². The first-order chi connectivity index (χ1) is 15.1. The van der Waals surface area contributed by atoms with Gasteiger partial charge in [-0.15, -0.1) is 20.1 Å². The summed E-state index contributed by atoms with van der Waals surface area (Å²) < 4.78 is 41.1. The number of pyridine rings is 1. The summed E-state index contributed by atoms with van der Waals surface area (Å²) in [6.45, 7) is 3.03. The largest absolute Gasteiger partial charge is 0.586 e. The highest BCUT2D eigenvalue weighted by molar-refractivity contribution is 7.14. The number of ether oxygens (including phenoxy) is 3. The Morgan fingerprint density at radius 3 is 2.77 bits per heavy atom. The summed E-state index contributed by atoms with van der Waals surface area (Å²) in [5.41, 5.74) is 3.46. The van der Waals surface area contributed by atoms with E-state index in [0.29, 0.717) is 30.1 Å². The number of H-pyrrole nitrogens is 1. The fourth-order valence-corrected chi connectivity index (χ4v) is 4.55. The van der Waals surface area contributed by atoms with Gasteiger partial charge in [0.1, 0.15) is 0 Å². The van der Waals surface area contributed by atoms with E-state index < -0.39 is 6.29 Å². The van der Waals surface area contributed by atoms with Crippen LogP contribution in [0.2, 0.25) is 0 Å². The van der Waals surface area contributed by atoms with Crippen LogP contribution in [0, 0.1) is 0 Å². The first-order valence-corrected chi connectivity index (χ1v) is 10.5. The average molecular weight is 443 g/mol. The first kappa shape index (κ1) is 18.5. The van der Waals surface area contributed by atoms with Gasteiger partial charge in [0.25, 0.3) is 0 Å². The molecular formula is C20H15F2N5O3S. The molecule has 0 amide bonds. The van der Waals surface area contributed by atoms with Gasteiger partial charge >= 0.3 is 6.29 Å². The van der Waals surface area contributed by atoms with Gasteiger partial charge in [-0.1, -0.05) is 0 Å². The molecule has 1 N–H and O–H groups in total. The number of hydrogen-bond acceptors (Lipinski definition) is 8. The lowest BCUT2D eigenvalue weighted by Gasteiger charge is -2.26. The van der Waals surface area contributed by atoms with Gasteiger partial charge < -0.3 is 19.1 Å². The number of benzene rings is 1. The number of morpholine rings is 1. The maximum atomic E-state index is 13.4. The third kappa shape index (κ3) is 3.26. The van der Waals surface area contributed by atoms with Crippen molar-refractivity contribution < 1.29 is 23.0 Å². The van der Waals surface area contributed by atoms with Crippen LogP contribution in [0.5, 0.6) is 11.5 Å². The van der Waals surface area contributed by atoms with Crippen LogP contribution in [0.15, 0.2) is 35.8 Å².